The molecule has 1 aromatic rings. The minimum absolute atomic E-state index is 0.0212. The van der Waals surface area contributed by atoms with Crippen molar-refractivity contribution in [3.8, 4) is 6.07 Å². The molecular weight excluding hydrogens is 232 g/mol. The first-order valence-corrected chi connectivity index (χ1v) is 6.61. The quantitative estimate of drug-likeness (QED) is 0.826. The topological polar surface area (TPSA) is 52.8 Å². The van der Waals surface area contributed by atoms with Gasteiger partial charge in [0.1, 0.15) is 5.82 Å². The standard InChI is InChI=1S/C12H20N4S/c1-9(2)16(8-6-7-13)11-14-10(15-17-11)12(3,4)5/h9H,6,8H2,1-5H3. The molecule has 0 aliphatic carbocycles. The Kier molecular flexibility index (Phi) is 4.47. The van der Waals surface area contributed by atoms with E-state index < -0.39 is 0 Å². The van der Waals surface area contributed by atoms with Gasteiger partial charge >= 0.3 is 0 Å². The number of hydrogen-bond donors (Lipinski definition) is 0. The van der Waals surface area contributed by atoms with Crippen molar-refractivity contribution in [3.63, 3.8) is 0 Å². The third kappa shape index (κ3) is 3.67. The summed E-state index contributed by atoms with van der Waals surface area (Å²) in [5, 5.41) is 9.59. The molecular formula is C12H20N4S. The number of rotatable bonds is 4. The number of nitrogens with zero attached hydrogens (tertiary/aromatic N) is 4. The lowest BCUT2D eigenvalue weighted by Crippen LogP contribution is -2.31. The summed E-state index contributed by atoms with van der Waals surface area (Å²) in [5.74, 6) is 0.875. The summed E-state index contributed by atoms with van der Waals surface area (Å²) in [6, 6.07) is 2.51. The fourth-order valence-corrected chi connectivity index (χ4v) is 2.40. The Morgan fingerprint density at radius 1 is 1.41 bits per heavy atom. The summed E-state index contributed by atoms with van der Waals surface area (Å²) in [4.78, 5) is 6.71. The molecule has 0 N–H and O–H groups in total. The SMILES string of the molecule is CC(C)N(CCC#N)c1nc(C(C)(C)C)ns1. The van der Waals surface area contributed by atoms with Gasteiger partial charge in [0.25, 0.3) is 0 Å². The average Bonchev–Trinajstić information content (AvgIpc) is 2.66. The molecule has 0 aromatic carbocycles. The Morgan fingerprint density at radius 2 is 2.06 bits per heavy atom. The van der Waals surface area contributed by atoms with Gasteiger partial charge in [0.05, 0.1) is 12.5 Å². The molecule has 0 unspecified atom stereocenters. The van der Waals surface area contributed by atoms with Crippen LogP contribution in [0.2, 0.25) is 0 Å². The van der Waals surface area contributed by atoms with Gasteiger partial charge in [0.2, 0.25) is 5.13 Å². The van der Waals surface area contributed by atoms with E-state index in [4.69, 9.17) is 5.26 Å². The van der Waals surface area contributed by atoms with Crippen LogP contribution in [0.4, 0.5) is 5.13 Å². The highest BCUT2D eigenvalue weighted by molar-refractivity contribution is 7.09. The highest BCUT2D eigenvalue weighted by Gasteiger charge is 2.22. The van der Waals surface area contributed by atoms with Crippen LogP contribution in [0.3, 0.4) is 0 Å². The van der Waals surface area contributed by atoms with Gasteiger partial charge in [-0.2, -0.15) is 9.64 Å². The van der Waals surface area contributed by atoms with Crippen LogP contribution in [0.5, 0.6) is 0 Å². The predicted molar refractivity (Wildman–Crippen MR) is 71.3 cm³/mol. The normalized spacial score (nSPS) is 11.6. The zero-order chi connectivity index (χ0) is 13.1. The molecule has 0 spiro atoms. The van der Waals surface area contributed by atoms with Crippen LogP contribution >= 0.6 is 11.5 Å². The first-order valence-electron chi connectivity index (χ1n) is 5.84. The Bertz CT molecular complexity index is 397. The number of aromatic nitrogens is 2. The molecule has 0 saturated heterocycles. The zero-order valence-corrected chi connectivity index (χ0v) is 12.0. The molecule has 5 heteroatoms. The van der Waals surface area contributed by atoms with E-state index in [0.29, 0.717) is 19.0 Å². The van der Waals surface area contributed by atoms with E-state index in [-0.39, 0.29) is 5.41 Å². The second-order valence-corrected chi connectivity index (χ2v) is 6.08. The van der Waals surface area contributed by atoms with E-state index in [1.807, 2.05) is 0 Å². The van der Waals surface area contributed by atoms with Crippen LogP contribution in [0.15, 0.2) is 0 Å². The van der Waals surface area contributed by atoms with Crippen LogP contribution in [-0.2, 0) is 5.41 Å². The van der Waals surface area contributed by atoms with Gasteiger partial charge in [-0.25, -0.2) is 4.98 Å². The van der Waals surface area contributed by atoms with Gasteiger partial charge in [-0.1, -0.05) is 20.8 Å². The maximum Gasteiger partial charge on any atom is 0.205 e. The second kappa shape index (κ2) is 5.46. The van der Waals surface area contributed by atoms with Crippen molar-refractivity contribution in [3.05, 3.63) is 5.82 Å². The Balaban J connectivity index is 2.89. The second-order valence-electron chi connectivity index (χ2n) is 5.35. The molecule has 1 rings (SSSR count). The predicted octanol–water partition coefficient (Wildman–Crippen LogP) is 2.96. The summed E-state index contributed by atoms with van der Waals surface area (Å²) >= 11 is 1.42. The van der Waals surface area contributed by atoms with Gasteiger partial charge in [-0.05, 0) is 13.8 Å². The molecule has 17 heavy (non-hydrogen) atoms. The summed E-state index contributed by atoms with van der Waals surface area (Å²) in [6.45, 7) is 11.2. The summed E-state index contributed by atoms with van der Waals surface area (Å²) in [6.07, 6.45) is 0.516. The van der Waals surface area contributed by atoms with Crippen LogP contribution in [0.1, 0.15) is 46.9 Å². The van der Waals surface area contributed by atoms with E-state index in [2.05, 4.69) is 54.9 Å². The smallest absolute Gasteiger partial charge is 0.205 e. The van der Waals surface area contributed by atoms with Crippen LogP contribution < -0.4 is 4.90 Å². The summed E-state index contributed by atoms with van der Waals surface area (Å²) in [5.41, 5.74) is -0.0212. The van der Waals surface area contributed by atoms with Crippen molar-refractivity contribution in [2.45, 2.75) is 52.5 Å². The monoisotopic (exact) mass is 252 g/mol. The summed E-state index contributed by atoms with van der Waals surface area (Å²) in [7, 11) is 0. The third-order valence-corrected chi connectivity index (χ3v) is 3.17. The van der Waals surface area contributed by atoms with E-state index in [9.17, 15) is 0 Å². The molecule has 0 atom stereocenters. The molecule has 1 aromatic heterocycles. The highest BCUT2D eigenvalue weighted by atomic mass is 32.1. The lowest BCUT2D eigenvalue weighted by atomic mass is 9.96. The van der Waals surface area contributed by atoms with Gasteiger partial charge < -0.3 is 4.90 Å². The number of nitriles is 1. The first-order chi connectivity index (χ1) is 7.86. The molecule has 1 heterocycles. The molecule has 0 bridgehead atoms. The minimum Gasteiger partial charge on any atom is -0.343 e. The molecule has 0 aliphatic rings. The fourth-order valence-electron chi connectivity index (χ4n) is 1.38. The van der Waals surface area contributed by atoms with Gasteiger partial charge in [-0.3, -0.25) is 0 Å². The lowest BCUT2D eigenvalue weighted by molar-refractivity contribution is 0.553. The molecule has 0 radical (unpaired) electrons. The molecule has 4 nitrogen and oxygen atoms in total. The maximum absolute atomic E-state index is 8.67. The average molecular weight is 252 g/mol. The van der Waals surface area contributed by atoms with Gasteiger partial charge in [0.15, 0.2) is 0 Å². The van der Waals surface area contributed by atoms with Crippen molar-refractivity contribution in [2.75, 3.05) is 11.4 Å². The minimum atomic E-state index is -0.0212. The van der Waals surface area contributed by atoms with E-state index >= 15 is 0 Å². The Labute approximate surface area is 107 Å². The Morgan fingerprint density at radius 3 is 2.47 bits per heavy atom. The molecule has 0 amide bonds. The van der Waals surface area contributed by atoms with E-state index in [1.54, 1.807) is 0 Å². The number of hydrogen-bond acceptors (Lipinski definition) is 5. The van der Waals surface area contributed by atoms with Crippen LogP contribution in [0, 0.1) is 11.3 Å². The zero-order valence-electron chi connectivity index (χ0n) is 11.2. The Hall–Kier alpha value is -1.15. The van der Waals surface area contributed by atoms with Crippen molar-refractivity contribution >= 4 is 16.7 Å². The van der Waals surface area contributed by atoms with Crippen molar-refractivity contribution in [1.82, 2.24) is 9.36 Å². The molecule has 0 fully saturated rings. The maximum atomic E-state index is 8.67. The van der Waals surface area contributed by atoms with E-state index in [0.717, 1.165) is 11.0 Å². The third-order valence-electron chi connectivity index (χ3n) is 2.42. The summed E-state index contributed by atoms with van der Waals surface area (Å²) < 4.78 is 4.40. The molecule has 0 aliphatic heterocycles. The lowest BCUT2D eigenvalue weighted by Gasteiger charge is -2.24. The molecule has 0 saturated carbocycles. The highest BCUT2D eigenvalue weighted by Crippen LogP contribution is 2.26. The van der Waals surface area contributed by atoms with Crippen molar-refractivity contribution in [1.29, 1.82) is 5.26 Å². The van der Waals surface area contributed by atoms with Crippen LogP contribution in [-0.4, -0.2) is 21.9 Å². The molecule has 94 valence electrons. The van der Waals surface area contributed by atoms with Crippen molar-refractivity contribution in [2.24, 2.45) is 0 Å². The van der Waals surface area contributed by atoms with Crippen molar-refractivity contribution < 1.29 is 0 Å². The van der Waals surface area contributed by atoms with Crippen LogP contribution in [0.25, 0.3) is 0 Å². The van der Waals surface area contributed by atoms with E-state index in [1.165, 1.54) is 11.5 Å². The fraction of sp³-hybridized carbons (Fsp3) is 0.750. The largest absolute Gasteiger partial charge is 0.343 e. The number of anilines is 1. The van der Waals surface area contributed by atoms with Gasteiger partial charge in [0, 0.05) is 29.5 Å². The van der Waals surface area contributed by atoms with Gasteiger partial charge in [-0.15, -0.1) is 0 Å². The first kappa shape index (κ1) is 13.9.